The Morgan fingerprint density at radius 2 is 2.00 bits per heavy atom. The molecule has 0 aromatic rings. The average Bonchev–Trinajstić information content (AvgIpc) is 2.00. The van der Waals surface area contributed by atoms with Crippen molar-refractivity contribution in [1.82, 2.24) is 0 Å². The Morgan fingerprint density at radius 3 is 2.36 bits per heavy atom. The summed E-state index contributed by atoms with van der Waals surface area (Å²) in [6, 6.07) is 0. The third-order valence-corrected chi connectivity index (χ3v) is 1.18. The predicted molar refractivity (Wildman–Crippen MR) is 38.9 cm³/mol. The van der Waals surface area contributed by atoms with Crippen LogP contribution in [0, 0.1) is 5.41 Å². The van der Waals surface area contributed by atoms with Gasteiger partial charge in [0, 0.05) is 5.41 Å². The summed E-state index contributed by atoms with van der Waals surface area (Å²) in [5, 5.41) is 17.0. The van der Waals surface area contributed by atoms with Crippen LogP contribution in [-0.2, 0) is 9.53 Å². The van der Waals surface area contributed by atoms with Gasteiger partial charge in [0.1, 0.15) is 6.61 Å². The molecule has 0 rings (SSSR count). The van der Waals surface area contributed by atoms with Crippen LogP contribution in [0.2, 0.25) is 0 Å². The third kappa shape index (κ3) is 4.75. The topological polar surface area (TPSA) is 66.8 Å². The van der Waals surface area contributed by atoms with Crippen molar-refractivity contribution in [3.05, 3.63) is 0 Å². The van der Waals surface area contributed by atoms with E-state index in [4.69, 9.17) is 10.2 Å². The second kappa shape index (κ2) is 4.31. The van der Waals surface area contributed by atoms with Gasteiger partial charge in [-0.1, -0.05) is 13.8 Å². The van der Waals surface area contributed by atoms with Gasteiger partial charge in [-0.25, -0.2) is 4.79 Å². The molecule has 4 nitrogen and oxygen atoms in total. The Labute approximate surface area is 65.8 Å². The van der Waals surface area contributed by atoms with Crippen LogP contribution < -0.4 is 0 Å². The van der Waals surface area contributed by atoms with Crippen LogP contribution in [0.5, 0.6) is 0 Å². The number of aliphatic hydroxyl groups is 2. The Balaban J connectivity index is 3.61. The van der Waals surface area contributed by atoms with Crippen LogP contribution in [0.4, 0.5) is 0 Å². The Kier molecular flexibility index (Phi) is 4.07. The van der Waals surface area contributed by atoms with E-state index in [1.54, 1.807) is 13.8 Å². The molecule has 0 aliphatic heterocycles. The highest BCUT2D eigenvalue weighted by atomic mass is 16.5. The molecule has 0 saturated carbocycles. The first-order valence-corrected chi connectivity index (χ1v) is 3.39. The molecule has 0 atom stereocenters. The number of carbonyl (C=O) groups excluding carboxylic acids is 1. The lowest BCUT2D eigenvalue weighted by molar-refractivity contribution is -0.150. The molecule has 66 valence electrons. The van der Waals surface area contributed by atoms with Gasteiger partial charge in [-0.3, -0.25) is 0 Å². The van der Waals surface area contributed by atoms with Crippen LogP contribution in [0.1, 0.15) is 13.8 Å². The first-order valence-electron chi connectivity index (χ1n) is 3.39. The van der Waals surface area contributed by atoms with Gasteiger partial charge in [-0.15, -0.1) is 0 Å². The number of aliphatic hydroxyl groups excluding tert-OH is 2. The summed E-state index contributed by atoms with van der Waals surface area (Å²) >= 11 is 0. The molecule has 0 aliphatic carbocycles. The number of hydrogen-bond donors (Lipinski definition) is 2. The van der Waals surface area contributed by atoms with E-state index in [0.717, 1.165) is 0 Å². The van der Waals surface area contributed by atoms with Crippen molar-refractivity contribution >= 4 is 5.97 Å². The second-order valence-electron chi connectivity index (χ2n) is 3.14. The highest BCUT2D eigenvalue weighted by molar-refractivity contribution is 5.70. The highest BCUT2D eigenvalue weighted by Gasteiger charge is 2.18. The van der Waals surface area contributed by atoms with Gasteiger partial charge in [-0.2, -0.15) is 0 Å². The zero-order chi connectivity index (χ0) is 8.91. The quantitative estimate of drug-likeness (QED) is 0.549. The Bertz CT molecular complexity index is 130. The summed E-state index contributed by atoms with van der Waals surface area (Å²) < 4.78 is 4.60. The van der Waals surface area contributed by atoms with Gasteiger partial charge in [0.2, 0.25) is 0 Å². The van der Waals surface area contributed by atoms with Crippen molar-refractivity contribution in [2.45, 2.75) is 13.8 Å². The molecule has 0 bridgehead atoms. The number of carbonyl (C=O) groups is 1. The average molecular weight is 162 g/mol. The van der Waals surface area contributed by atoms with Crippen LogP contribution in [-0.4, -0.2) is 36.0 Å². The molecule has 0 aromatic carbocycles. The molecule has 0 aromatic heterocycles. The standard InChI is InChI=1S/C7H14O4/c1-7(2,4-9)5-11-6(10)3-8/h8-9H,3-5H2,1-2H3. The van der Waals surface area contributed by atoms with Crippen molar-refractivity contribution in [1.29, 1.82) is 0 Å². The van der Waals surface area contributed by atoms with Crippen LogP contribution in [0.15, 0.2) is 0 Å². The number of esters is 1. The molecule has 0 fully saturated rings. The molecule has 11 heavy (non-hydrogen) atoms. The molecule has 0 spiro atoms. The van der Waals surface area contributed by atoms with E-state index in [1.165, 1.54) is 0 Å². The normalized spacial score (nSPS) is 11.3. The van der Waals surface area contributed by atoms with Crippen molar-refractivity contribution in [2.24, 2.45) is 5.41 Å². The van der Waals surface area contributed by atoms with Crippen LogP contribution in [0.25, 0.3) is 0 Å². The summed E-state index contributed by atoms with van der Waals surface area (Å²) in [6.07, 6.45) is 0. The van der Waals surface area contributed by atoms with E-state index in [2.05, 4.69) is 4.74 Å². The third-order valence-electron chi connectivity index (χ3n) is 1.18. The van der Waals surface area contributed by atoms with Crippen molar-refractivity contribution < 1.29 is 19.7 Å². The minimum Gasteiger partial charge on any atom is -0.463 e. The van der Waals surface area contributed by atoms with Crippen LogP contribution in [0.3, 0.4) is 0 Å². The SMILES string of the molecule is CC(C)(CO)COC(=O)CO. The van der Waals surface area contributed by atoms with Gasteiger partial charge in [0.05, 0.1) is 13.2 Å². The zero-order valence-electron chi connectivity index (χ0n) is 6.83. The minimum atomic E-state index is -0.661. The predicted octanol–water partition coefficient (Wildman–Crippen LogP) is -0.460. The van der Waals surface area contributed by atoms with Gasteiger partial charge < -0.3 is 14.9 Å². The number of ether oxygens (including phenoxy) is 1. The smallest absolute Gasteiger partial charge is 0.331 e. The maximum atomic E-state index is 10.4. The fourth-order valence-electron chi connectivity index (χ4n) is 0.367. The van der Waals surface area contributed by atoms with E-state index in [0.29, 0.717) is 0 Å². The summed E-state index contributed by atoms with van der Waals surface area (Å²) in [6.45, 7) is 2.99. The molecule has 0 heterocycles. The first-order chi connectivity index (χ1) is 5.02. The molecular formula is C7H14O4. The molecule has 2 N–H and O–H groups in total. The molecule has 4 heteroatoms. The molecule has 0 radical (unpaired) electrons. The number of hydrogen-bond acceptors (Lipinski definition) is 4. The molecule has 0 saturated heterocycles. The molecular weight excluding hydrogens is 148 g/mol. The van der Waals surface area contributed by atoms with E-state index < -0.39 is 18.0 Å². The largest absolute Gasteiger partial charge is 0.463 e. The van der Waals surface area contributed by atoms with E-state index in [1.807, 2.05) is 0 Å². The second-order valence-corrected chi connectivity index (χ2v) is 3.14. The molecule has 0 unspecified atom stereocenters. The first kappa shape index (κ1) is 10.4. The van der Waals surface area contributed by atoms with E-state index in [-0.39, 0.29) is 13.2 Å². The molecule has 0 amide bonds. The fourth-order valence-corrected chi connectivity index (χ4v) is 0.367. The lowest BCUT2D eigenvalue weighted by Gasteiger charge is -2.20. The summed E-state index contributed by atoms with van der Waals surface area (Å²) in [5.41, 5.74) is -0.426. The van der Waals surface area contributed by atoms with E-state index >= 15 is 0 Å². The maximum absolute atomic E-state index is 10.4. The zero-order valence-corrected chi connectivity index (χ0v) is 6.83. The van der Waals surface area contributed by atoms with Crippen molar-refractivity contribution in [2.75, 3.05) is 19.8 Å². The van der Waals surface area contributed by atoms with Crippen molar-refractivity contribution in [3.63, 3.8) is 0 Å². The highest BCUT2D eigenvalue weighted by Crippen LogP contribution is 2.13. The summed E-state index contributed by atoms with van der Waals surface area (Å²) in [7, 11) is 0. The van der Waals surface area contributed by atoms with Crippen molar-refractivity contribution in [3.8, 4) is 0 Å². The monoisotopic (exact) mass is 162 g/mol. The number of rotatable bonds is 4. The molecule has 0 aliphatic rings. The van der Waals surface area contributed by atoms with Gasteiger partial charge in [0.25, 0.3) is 0 Å². The van der Waals surface area contributed by atoms with Crippen LogP contribution >= 0.6 is 0 Å². The fraction of sp³-hybridized carbons (Fsp3) is 0.857. The van der Waals surface area contributed by atoms with Gasteiger partial charge in [0.15, 0.2) is 0 Å². The lowest BCUT2D eigenvalue weighted by atomic mass is 9.97. The maximum Gasteiger partial charge on any atom is 0.331 e. The minimum absolute atomic E-state index is 0.0499. The van der Waals surface area contributed by atoms with E-state index in [9.17, 15) is 4.79 Å². The van der Waals surface area contributed by atoms with Gasteiger partial charge in [-0.05, 0) is 0 Å². The Hall–Kier alpha value is -0.610. The summed E-state index contributed by atoms with van der Waals surface area (Å²) in [4.78, 5) is 10.4. The lowest BCUT2D eigenvalue weighted by Crippen LogP contribution is -2.26. The Morgan fingerprint density at radius 1 is 1.45 bits per heavy atom. The van der Waals surface area contributed by atoms with Gasteiger partial charge >= 0.3 is 5.97 Å². The summed E-state index contributed by atoms with van der Waals surface area (Å²) in [5.74, 6) is -0.661.